The highest BCUT2D eigenvalue weighted by atomic mass is 16.7. The summed E-state index contributed by atoms with van der Waals surface area (Å²) in [5, 5.41) is 15.0. The zero-order chi connectivity index (χ0) is 25.5. The molecule has 11 nitrogen and oxygen atoms in total. The fraction of sp³-hybridized carbons (Fsp3) is 0.423. The van der Waals surface area contributed by atoms with Gasteiger partial charge in [-0.3, -0.25) is 10.1 Å². The number of amides is 2. The zero-order valence-corrected chi connectivity index (χ0v) is 20.2. The second kappa shape index (κ2) is 9.56. The number of rotatable bonds is 7. The number of fused-ring (bicyclic) bond motifs is 2. The molecule has 3 heterocycles. The van der Waals surface area contributed by atoms with Gasteiger partial charge in [0.05, 0.1) is 24.4 Å². The quantitative estimate of drug-likeness (QED) is 0.446. The molecule has 0 radical (unpaired) electrons. The van der Waals surface area contributed by atoms with Crippen LogP contribution >= 0.6 is 0 Å². The lowest BCUT2D eigenvalue weighted by Gasteiger charge is -2.19. The first-order chi connectivity index (χ1) is 18.0. The Morgan fingerprint density at radius 3 is 2.68 bits per heavy atom. The maximum absolute atomic E-state index is 12.1. The third kappa shape index (κ3) is 4.44. The lowest BCUT2D eigenvalue weighted by atomic mass is 9.97. The number of hydrogen-bond donors (Lipinski definition) is 3. The molecule has 2 aromatic heterocycles. The average molecular weight is 505 g/mol. The van der Waals surface area contributed by atoms with Gasteiger partial charge in [0.25, 0.3) is 0 Å². The SMILES string of the molecule is CCNC(=O)Nc1ncnc2c1ncn2C1CC(C2CC2C(=O)O)C2O[C@H](/C=C/c3ccccc3)OC21. The van der Waals surface area contributed by atoms with Gasteiger partial charge in [-0.25, -0.2) is 19.7 Å². The first kappa shape index (κ1) is 23.6. The standard InChI is InChI=1S/C26H28N6O5/c1-2-27-26(35)31-23-20-24(29-12-28-23)32(13-30-20)18-11-16(15-10-17(15)25(33)34)21-22(18)37-19(36-21)9-8-14-6-4-3-5-7-14/h3-9,12-13,15-19,21-22H,2,10-11H2,1H3,(H,33,34)(H2,27,28,29,31,35)/b9-8+/t15?,16?,17?,18?,19-,21?,22?/m0/s1. The van der Waals surface area contributed by atoms with E-state index >= 15 is 0 Å². The van der Waals surface area contributed by atoms with Crippen molar-refractivity contribution in [3.05, 3.63) is 54.6 Å². The average Bonchev–Trinajstić information content (AvgIpc) is 3.22. The van der Waals surface area contributed by atoms with Gasteiger partial charge in [0.2, 0.25) is 0 Å². The van der Waals surface area contributed by atoms with Gasteiger partial charge in [-0.1, -0.05) is 36.4 Å². The molecule has 6 rings (SSSR count). The molecule has 37 heavy (non-hydrogen) atoms. The van der Waals surface area contributed by atoms with E-state index in [1.54, 1.807) is 6.33 Å². The molecule has 3 N–H and O–H groups in total. The van der Waals surface area contributed by atoms with Crippen molar-refractivity contribution in [2.45, 2.75) is 44.3 Å². The highest BCUT2D eigenvalue weighted by Crippen LogP contribution is 2.56. The summed E-state index contributed by atoms with van der Waals surface area (Å²) in [5.74, 6) is -0.692. The van der Waals surface area contributed by atoms with Crippen LogP contribution in [0.5, 0.6) is 0 Å². The number of anilines is 1. The lowest BCUT2D eigenvalue weighted by Crippen LogP contribution is -2.29. The van der Waals surface area contributed by atoms with Crippen LogP contribution in [0.3, 0.4) is 0 Å². The van der Waals surface area contributed by atoms with E-state index in [4.69, 9.17) is 9.47 Å². The summed E-state index contributed by atoms with van der Waals surface area (Å²) >= 11 is 0. The molecule has 11 heteroatoms. The van der Waals surface area contributed by atoms with Gasteiger partial charge in [-0.2, -0.15) is 0 Å². The van der Waals surface area contributed by atoms with Crippen molar-refractivity contribution in [1.82, 2.24) is 24.8 Å². The maximum Gasteiger partial charge on any atom is 0.320 e. The second-order valence-corrected chi connectivity index (χ2v) is 9.68. The summed E-state index contributed by atoms with van der Waals surface area (Å²) in [5.41, 5.74) is 2.09. The van der Waals surface area contributed by atoms with E-state index in [0.29, 0.717) is 36.4 Å². The molecule has 1 aromatic carbocycles. The molecule has 3 aliphatic rings. The molecule has 6 unspecified atom stereocenters. The zero-order valence-electron chi connectivity index (χ0n) is 20.2. The van der Waals surface area contributed by atoms with Gasteiger partial charge in [0.15, 0.2) is 23.3 Å². The van der Waals surface area contributed by atoms with E-state index in [9.17, 15) is 14.7 Å². The fourth-order valence-corrected chi connectivity index (χ4v) is 5.70. The van der Waals surface area contributed by atoms with Crippen molar-refractivity contribution < 1.29 is 24.2 Å². The number of aliphatic carboxylic acids is 1. The van der Waals surface area contributed by atoms with Gasteiger partial charge in [-0.05, 0) is 43.2 Å². The number of benzene rings is 1. The molecule has 1 saturated heterocycles. The molecule has 0 bridgehead atoms. The van der Waals surface area contributed by atoms with Crippen LogP contribution in [0.1, 0.15) is 31.4 Å². The largest absolute Gasteiger partial charge is 0.481 e. The summed E-state index contributed by atoms with van der Waals surface area (Å²) in [6.45, 7) is 2.31. The minimum atomic E-state index is -0.758. The minimum Gasteiger partial charge on any atom is -0.481 e. The maximum atomic E-state index is 12.1. The van der Waals surface area contributed by atoms with E-state index in [2.05, 4.69) is 25.6 Å². The van der Waals surface area contributed by atoms with Crippen LogP contribution < -0.4 is 10.6 Å². The first-order valence-corrected chi connectivity index (χ1v) is 12.5. The molecular weight excluding hydrogens is 476 g/mol. The number of carboxylic acid groups (broad SMARTS) is 1. The Balaban J connectivity index is 1.29. The Labute approximate surface area is 212 Å². The van der Waals surface area contributed by atoms with Crippen LogP contribution in [-0.4, -0.2) is 61.7 Å². The Hall–Kier alpha value is -3.83. The number of hydrogen-bond acceptors (Lipinski definition) is 7. The second-order valence-electron chi connectivity index (χ2n) is 9.68. The molecule has 192 valence electrons. The number of carboxylic acids is 1. The van der Waals surface area contributed by atoms with Crippen molar-refractivity contribution in [3.63, 3.8) is 0 Å². The summed E-state index contributed by atoms with van der Waals surface area (Å²) < 4.78 is 14.7. The first-order valence-electron chi connectivity index (χ1n) is 12.5. The Bertz CT molecular complexity index is 1340. The topological polar surface area (TPSA) is 140 Å². The molecule has 7 atom stereocenters. The minimum absolute atomic E-state index is 0.0402. The van der Waals surface area contributed by atoms with Crippen LogP contribution in [0, 0.1) is 17.8 Å². The number of urea groups is 1. The van der Waals surface area contributed by atoms with Crippen molar-refractivity contribution in [1.29, 1.82) is 0 Å². The van der Waals surface area contributed by atoms with E-state index < -0.39 is 12.3 Å². The number of nitrogens with one attached hydrogen (secondary N) is 2. The summed E-state index contributed by atoms with van der Waals surface area (Å²) in [6, 6.07) is 9.38. The van der Waals surface area contributed by atoms with Crippen LogP contribution in [0.2, 0.25) is 0 Å². The molecular formula is C26H28N6O5. The van der Waals surface area contributed by atoms with Crippen molar-refractivity contribution >= 4 is 35.1 Å². The molecule has 2 amide bonds. The van der Waals surface area contributed by atoms with Crippen molar-refractivity contribution in [2.24, 2.45) is 17.8 Å². The Morgan fingerprint density at radius 1 is 1.11 bits per heavy atom. The van der Waals surface area contributed by atoms with E-state index in [1.807, 2.05) is 54.0 Å². The summed E-state index contributed by atoms with van der Waals surface area (Å²) in [6.07, 6.45) is 7.20. The number of carbonyl (C=O) groups is 2. The molecule has 3 aromatic rings. The van der Waals surface area contributed by atoms with Gasteiger partial charge >= 0.3 is 12.0 Å². The van der Waals surface area contributed by atoms with E-state index in [0.717, 1.165) is 5.56 Å². The normalized spacial score (nSPS) is 30.5. The predicted molar refractivity (Wildman–Crippen MR) is 133 cm³/mol. The molecule has 1 aliphatic heterocycles. The highest BCUT2D eigenvalue weighted by molar-refractivity contribution is 5.95. The number of ether oxygens (including phenoxy) is 2. The van der Waals surface area contributed by atoms with Gasteiger partial charge in [0, 0.05) is 6.54 Å². The van der Waals surface area contributed by atoms with Gasteiger partial charge in [-0.15, -0.1) is 0 Å². The van der Waals surface area contributed by atoms with Crippen LogP contribution in [0.4, 0.5) is 10.6 Å². The van der Waals surface area contributed by atoms with E-state index in [-0.39, 0.29) is 42.0 Å². The van der Waals surface area contributed by atoms with Gasteiger partial charge < -0.3 is 24.5 Å². The number of carbonyl (C=O) groups excluding carboxylic acids is 1. The van der Waals surface area contributed by atoms with Crippen LogP contribution in [-0.2, 0) is 14.3 Å². The number of aromatic nitrogens is 4. The number of imidazole rings is 1. The third-order valence-corrected chi connectivity index (χ3v) is 7.46. The Kier molecular flexibility index (Phi) is 6.09. The molecule has 2 saturated carbocycles. The smallest absolute Gasteiger partial charge is 0.320 e. The summed E-state index contributed by atoms with van der Waals surface area (Å²) in [4.78, 5) is 36.9. The number of nitrogens with zero attached hydrogens (tertiary/aromatic N) is 4. The van der Waals surface area contributed by atoms with Crippen molar-refractivity contribution in [3.8, 4) is 0 Å². The molecule has 0 spiro atoms. The Morgan fingerprint density at radius 2 is 1.92 bits per heavy atom. The van der Waals surface area contributed by atoms with Crippen LogP contribution in [0.25, 0.3) is 17.2 Å². The molecule has 3 fully saturated rings. The van der Waals surface area contributed by atoms with Crippen LogP contribution in [0.15, 0.2) is 49.1 Å². The van der Waals surface area contributed by atoms with E-state index in [1.165, 1.54) is 6.33 Å². The monoisotopic (exact) mass is 504 g/mol. The fourth-order valence-electron chi connectivity index (χ4n) is 5.70. The molecule has 2 aliphatic carbocycles. The highest BCUT2D eigenvalue weighted by Gasteiger charge is 2.60. The third-order valence-electron chi connectivity index (χ3n) is 7.46. The van der Waals surface area contributed by atoms with Gasteiger partial charge in [0.1, 0.15) is 12.4 Å². The predicted octanol–water partition coefficient (Wildman–Crippen LogP) is 3.07. The lowest BCUT2D eigenvalue weighted by molar-refractivity contribution is -0.139. The summed E-state index contributed by atoms with van der Waals surface area (Å²) in [7, 11) is 0. The van der Waals surface area contributed by atoms with Crippen molar-refractivity contribution in [2.75, 3.05) is 11.9 Å².